The largest absolute Gasteiger partial charge is 0.388 e. The van der Waals surface area contributed by atoms with Gasteiger partial charge in [0.2, 0.25) is 5.91 Å². The van der Waals surface area contributed by atoms with E-state index in [0.29, 0.717) is 16.8 Å². The Morgan fingerprint density at radius 2 is 2.14 bits per heavy atom. The Balaban J connectivity index is 2.66. The highest BCUT2D eigenvalue weighted by atomic mass is 31.0. The molecule has 1 aliphatic rings. The molecule has 0 aromatic heterocycles. The Kier molecular flexibility index (Phi) is 7.19. The molecule has 1 aliphatic heterocycles. The highest BCUT2D eigenvalue weighted by Gasteiger charge is 2.44. The van der Waals surface area contributed by atoms with Crippen molar-refractivity contribution in [1.82, 2.24) is 5.32 Å². The number of halogens is 2. The molecule has 1 saturated heterocycles. The third-order valence-corrected chi connectivity index (χ3v) is 4.91. The molecule has 2 unspecified atom stereocenters. The van der Waals surface area contributed by atoms with E-state index in [1.165, 1.54) is 15.4 Å². The number of nitrogens with zero attached hydrogens (tertiary/aromatic N) is 1. The molecule has 8 heteroatoms. The zero-order valence-corrected chi connectivity index (χ0v) is 17.3. The van der Waals surface area contributed by atoms with Crippen LogP contribution in [-0.2, 0) is 4.79 Å². The first-order chi connectivity index (χ1) is 13.2. The van der Waals surface area contributed by atoms with Crippen molar-refractivity contribution in [3.05, 3.63) is 53.3 Å². The van der Waals surface area contributed by atoms with Crippen molar-refractivity contribution in [2.75, 3.05) is 12.4 Å². The van der Waals surface area contributed by atoms with Gasteiger partial charge in [0.1, 0.15) is 5.84 Å². The Labute approximate surface area is 166 Å². The predicted octanol–water partition coefficient (Wildman–Crippen LogP) is 4.34. The number of allylic oxidation sites excluding steroid dienone is 2. The molecule has 3 N–H and O–H groups in total. The van der Waals surface area contributed by atoms with E-state index in [1.54, 1.807) is 32.2 Å². The number of anilines is 1. The molecule has 1 amide bonds. The van der Waals surface area contributed by atoms with Crippen LogP contribution in [0.1, 0.15) is 32.3 Å². The minimum Gasteiger partial charge on any atom is -0.388 e. The zero-order chi connectivity index (χ0) is 20.9. The third kappa shape index (κ3) is 4.90. The van der Waals surface area contributed by atoms with Crippen molar-refractivity contribution in [1.29, 1.82) is 5.41 Å². The van der Waals surface area contributed by atoms with E-state index < -0.39 is 17.5 Å². The van der Waals surface area contributed by atoms with Gasteiger partial charge in [0.15, 0.2) is 0 Å². The second-order valence-electron chi connectivity index (χ2n) is 6.46. The molecular weight excluding hydrogens is 381 g/mol. The summed E-state index contributed by atoms with van der Waals surface area (Å²) in [4.78, 5) is 16.2. The van der Waals surface area contributed by atoms with Gasteiger partial charge in [-0.15, -0.1) is 0 Å². The van der Waals surface area contributed by atoms with E-state index in [9.17, 15) is 13.6 Å². The number of alkyl halides is 2. The number of para-hydroxylation sites is 1. The maximum Gasteiger partial charge on any atom is 0.266 e. The van der Waals surface area contributed by atoms with E-state index in [2.05, 4.69) is 15.6 Å². The van der Waals surface area contributed by atoms with Crippen LogP contribution >= 0.6 is 9.24 Å². The summed E-state index contributed by atoms with van der Waals surface area (Å²) in [7, 11) is 3.25. The fourth-order valence-corrected chi connectivity index (χ4v) is 3.35. The first-order valence-electron chi connectivity index (χ1n) is 8.97. The SMILES string of the molecule is CC/C=C/N=C1\NC(=O)CC(C(F)(F)P)\C1=C(\C)C(=N)c1ccccc1NC. The lowest BCUT2D eigenvalue weighted by molar-refractivity contribution is -0.122. The Hall–Kier alpha value is -2.40. The Morgan fingerprint density at radius 1 is 1.46 bits per heavy atom. The van der Waals surface area contributed by atoms with Crippen LogP contribution in [0.3, 0.4) is 0 Å². The van der Waals surface area contributed by atoms with Gasteiger partial charge in [-0.25, -0.2) is 13.8 Å². The molecule has 150 valence electrons. The summed E-state index contributed by atoms with van der Waals surface area (Å²) in [5.41, 5.74) is -1.30. The van der Waals surface area contributed by atoms with Crippen molar-refractivity contribution >= 4 is 32.4 Å². The number of amides is 1. The predicted molar refractivity (Wildman–Crippen MR) is 113 cm³/mol. The van der Waals surface area contributed by atoms with Gasteiger partial charge >= 0.3 is 0 Å². The van der Waals surface area contributed by atoms with Gasteiger partial charge in [-0.05, 0) is 25.0 Å². The summed E-state index contributed by atoms with van der Waals surface area (Å²) in [6, 6.07) is 7.17. The highest BCUT2D eigenvalue weighted by Crippen LogP contribution is 2.42. The highest BCUT2D eigenvalue weighted by molar-refractivity contribution is 7.18. The van der Waals surface area contributed by atoms with Crippen LogP contribution in [0.25, 0.3) is 0 Å². The van der Waals surface area contributed by atoms with Crippen LogP contribution < -0.4 is 10.6 Å². The fraction of sp³-hybridized carbons (Fsp3) is 0.350. The molecule has 0 aliphatic carbocycles. The molecule has 5 nitrogen and oxygen atoms in total. The van der Waals surface area contributed by atoms with Crippen LogP contribution in [0.4, 0.5) is 14.5 Å². The Bertz CT molecular complexity index is 856. The summed E-state index contributed by atoms with van der Waals surface area (Å²) in [6.45, 7) is 3.53. The first kappa shape index (κ1) is 21.9. The summed E-state index contributed by atoms with van der Waals surface area (Å²) in [6.07, 6.45) is 3.59. The minimum atomic E-state index is -3.22. The van der Waals surface area contributed by atoms with Crippen LogP contribution in [0.2, 0.25) is 0 Å². The number of carbonyl (C=O) groups is 1. The summed E-state index contributed by atoms with van der Waals surface area (Å²) < 4.78 is 28.7. The Morgan fingerprint density at radius 3 is 2.75 bits per heavy atom. The first-order valence-corrected chi connectivity index (χ1v) is 9.55. The molecule has 28 heavy (non-hydrogen) atoms. The lowest BCUT2D eigenvalue weighted by atomic mass is 9.84. The average molecular weight is 406 g/mol. The van der Waals surface area contributed by atoms with Crippen molar-refractivity contribution in [2.45, 2.75) is 32.4 Å². The van der Waals surface area contributed by atoms with Crippen LogP contribution in [0, 0.1) is 11.3 Å². The number of piperidine rings is 1. The monoisotopic (exact) mass is 406 g/mol. The number of hydrogen-bond donors (Lipinski definition) is 3. The summed E-state index contributed by atoms with van der Waals surface area (Å²) in [5.74, 6) is -1.84. The lowest BCUT2D eigenvalue weighted by Gasteiger charge is -2.32. The van der Waals surface area contributed by atoms with E-state index in [0.717, 1.165) is 6.42 Å². The van der Waals surface area contributed by atoms with Crippen molar-refractivity contribution in [3.8, 4) is 0 Å². The molecule has 0 saturated carbocycles. The van der Waals surface area contributed by atoms with Gasteiger partial charge in [-0.1, -0.05) is 40.4 Å². The molecule has 1 aromatic carbocycles. The van der Waals surface area contributed by atoms with E-state index in [4.69, 9.17) is 5.41 Å². The van der Waals surface area contributed by atoms with Crippen molar-refractivity contribution < 1.29 is 13.6 Å². The van der Waals surface area contributed by atoms with Crippen molar-refractivity contribution in [2.24, 2.45) is 10.9 Å². The zero-order valence-electron chi connectivity index (χ0n) is 16.1. The van der Waals surface area contributed by atoms with Gasteiger partial charge in [0, 0.05) is 36.5 Å². The molecule has 0 spiro atoms. The van der Waals surface area contributed by atoms with E-state index in [-0.39, 0.29) is 23.5 Å². The molecule has 0 bridgehead atoms. The molecule has 2 rings (SSSR count). The topological polar surface area (TPSA) is 77.3 Å². The second-order valence-corrected chi connectivity index (χ2v) is 7.23. The standard InChI is InChI=1S/C20H25F2N4OP/c1-4-5-10-25-19-17(14(20(21,22)28)11-16(27)26-19)12(2)18(23)13-8-6-7-9-15(13)24-3/h5-10,14,23-24H,4,11,28H2,1-3H3,(H,25,26,27)/b10-5+,17-12+,23-18?. The number of amidine groups is 1. The minimum absolute atomic E-state index is 0.0669. The second kappa shape index (κ2) is 9.20. The molecular formula is C20H25F2N4OP. The maximum atomic E-state index is 14.4. The smallest absolute Gasteiger partial charge is 0.266 e. The molecule has 1 fully saturated rings. The van der Waals surface area contributed by atoms with E-state index >= 15 is 0 Å². The summed E-state index contributed by atoms with van der Waals surface area (Å²) in [5, 5.41) is 14.2. The lowest BCUT2D eigenvalue weighted by Crippen LogP contribution is -2.46. The molecule has 1 heterocycles. The molecule has 0 radical (unpaired) electrons. The molecule has 1 aromatic rings. The maximum absolute atomic E-state index is 14.4. The fourth-order valence-electron chi connectivity index (χ4n) is 3.06. The van der Waals surface area contributed by atoms with E-state index in [1.807, 2.05) is 19.1 Å². The number of nitrogens with one attached hydrogen (secondary N) is 3. The van der Waals surface area contributed by atoms with Gasteiger partial charge in [0.25, 0.3) is 5.66 Å². The van der Waals surface area contributed by atoms with Crippen molar-refractivity contribution in [3.63, 3.8) is 0 Å². The van der Waals surface area contributed by atoms with Crippen LogP contribution in [0.5, 0.6) is 0 Å². The quantitative estimate of drug-likeness (QED) is 0.486. The average Bonchev–Trinajstić information content (AvgIpc) is 2.66. The third-order valence-electron chi connectivity index (χ3n) is 4.51. The normalized spacial score (nSPS) is 21.0. The molecule has 2 atom stereocenters. The number of aliphatic imine (C=N–C) groups is 1. The summed E-state index contributed by atoms with van der Waals surface area (Å²) >= 11 is 0. The van der Waals surface area contributed by atoms with Gasteiger partial charge < -0.3 is 10.6 Å². The number of carbonyl (C=O) groups excluding carboxylic acids is 1. The van der Waals surface area contributed by atoms with Gasteiger partial charge in [-0.3, -0.25) is 10.2 Å². The van der Waals surface area contributed by atoms with Crippen LogP contribution in [-0.4, -0.2) is 30.2 Å². The van der Waals surface area contributed by atoms with Gasteiger partial charge in [-0.2, -0.15) is 0 Å². The number of hydrogen-bond acceptors (Lipinski definition) is 4. The van der Waals surface area contributed by atoms with Gasteiger partial charge in [0.05, 0.1) is 11.6 Å². The number of rotatable bonds is 6. The van der Waals surface area contributed by atoms with Crippen LogP contribution in [0.15, 0.2) is 52.7 Å². The number of benzene rings is 1.